The third-order valence-electron chi connectivity index (χ3n) is 3.05. The van der Waals surface area contributed by atoms with Gasteiger partial charge >= 0.3 is 0 Å². The van der Waals surface area contributed by atoms with Gasteiger partial charge in [0, 0.05) is 23.9 Å². The summed E-state index contributed by atoms with van der Waals surface area (Å²) in [7, 11) is 0. The number of nitrogens with one attached hydrogen (secondary N) is 1. The van der Waals surface area contributed by atoms with Gasteiger partial charge in [-0.2, -0.15) is 4.98 Å². The Bertz CT molecular complexity index is 485. The van der Waals surface area contributed by atoms with E-state index >= 15 is 0 Å². The van der Waals surface area contributed by atoms with Gasteiger partial charge in [-0.15, -0.1) is 24.8 Å². The number of halogens is 2. The summed E-state index contributed by atoms with van der Waals surface area (Å²) in [5.41, 5.74) is 0.899. The van der Waals surface area contributed by atoms with Crippen LogP contribution < -0.4 is 5.32 Å². The van der Waals surface area contributed by atoms with Crippen molar-refractivity contribution in [1.29, 1.82) is 0 Å². The Morgan fingerprint density at radius 2 is 2.00 bits per heavy atom. The maximum absolute atomic E-state index is 5.34. The van der Waals surface area contributed by atoms with Crippen molar-refractivity contribution < 1.29 is 4.52 Å². The summed E-state index contributed by atoms with van der Waals surface area (Å²) >= 11 is 0. The molecular formula is C12H16Cl2N4O. The van der Waals surface area contributed by atoms with E-state index in [4.69, 9.17) is 4.52 Å². The van der Waals surface area contributed by atoms with Crippen molar-refractivity contribution in [3.05, 3.63) is 30.4 Å². The lowest BCUT2D eigenvalue weighted by Gasteiger charge is -2.18. The minimum Gasteiger partial charge on any atom is -0.339 e. The van der Waals surface area contributed by atoms with Gasteiger partial charge in [-0.1, -0.05) is 5.16 Å². The van der Waals surface area contributed by atoms with Gasteiger partial charge in [-0.05, 0) is 38.1 Å². The molecule has 0 aromatic carbocycles. The molecule has 3 rings (SSSR count). The van der Waals surface area contributed by atoms with E-state index in [0.29, 0.717) is 11.7 Å². The number of rotatable bonds is 2. The number of pyridine rings is 1. The fraction of sp³-hybridized carbons (Fsp3) is 0.417. The molecule has 1 fully saturated rings. The van der Waals surface area contributed by atoms with E-state index in [2.05, 4.69) is 20.4 Å². The molecule has 104 valence electrons. The lowest BCUT2D eigenvalue weighted by atomic mass is 9.98. The van der Waals surface area contributed by atoms with E-state index in [9.17, 15) is 0 Å². The van der Waals surface area contributed by atoms with Crippen LogP contribution >= 0.6 is 24.8 Å². The molecule has 0 spiro atoms. The smallest absolute Gasteiger partial charge is 0.230 e. The Hall–Kier alpha value is -1.17. The monoisotopic (exact) mass is 302 g/mol. The molecule has 0 bridgehead atoms. The van der Waals surface area contributed by atoms with Crippen molar-refractivity contribution in [1.82, 2.24) is 20.4 Å². The van der Waals surface area contributed by atoms with Crippen LogP contribution in [0.2, 0.25) is 0 Å². The van der Waals surface area contributed by atoms with Gasteiger partial charge in [0.25, 0.3) is 0 Å². The SMILES string of the molecule is Cl.Cl.c1cncc(-c2noc(C3CCNCC3)n2)c1. The highest BCUT2D eigenvalue weighted by molar-refractivity contribution is 5.85. The Morgan fingerprint density at radius 1 is 1.21 bits per heavy atom. The predicted molar refractivity (Wildman–Crippen MR) is 76.9 cm³/mol. The Kier molecular flexibility index (Phi) is 6.21. The highest BCUT2D eigenvalue weighted by atomic mass is 35.5. The first kappa shape index (κ1) is 15.9. The molecule has 7 heteroatoms. The van der Waals surface area contributed by atoms with Crippen LogP contribution in [0.1, 0.15) is 24.7 Å². The van der Waals surface area contributed by atoms with Gasteiger partial charge in [-0.25, -0.2) is 0 Å². The summed E-state index contributed by atoms with van der Waals surface area (Å²) in [5.74, 6) is 1.78. The van der Waals surface area contributed by atoms with Crippen molar-refractivity contribution in [3.63, 3.8) is 0 Å². The highest BCUT2D eigenvalue weighted by Gasteiger charge is 2.21. The first-order valence-electron chi connectivity index (χ1n) is 5.88. The minimum atomic E-state index is 0. The van der Waals surface area contributed by atoms with Crippen molar-refractivity contribution in [2.45, 2.75) is 18.8 Å². The van der Waals surface area contributed by atoms with E-state index in [0.717, 1.165) is 37.4 Å². The van der Waals surface area contributed by atoms with Gasteiger partial charge in [0.2, 0.25) is 11.7 Å². The molecule has 2 aromatic heterocycles. The maximum Gasteiger partial charge on any atom is 0.230 e. The Balaban J connectivity index is 0.000000902. The Labute approximate surface area is 124 Å². The summed E-state index contributed by atoms with van der Waals surface area (Å²) in [6.45, 7) is 2.05. The molecule has 5 nitrogen and oxygen atoms in total. The molecule has 0 atom stereocenters. The average molecular weight is 303 g/mol. The van der Waals surface area contributed by atoms with E-state index in [1.54, 1.807) is 12.4 Å². The second kappa shape index (κ2) is 7.43. The van der Waals surface area contributed by atoms with Crippen LogP contribution in [0.15, 0.2) is 29.0 Å². The number of aromatic nitrogens is 3. The molecule has 19 heavy (non-hydrogen) atoms. The third-order valence-corrected chi connectivity index (χ3v) is 3.05. The number of hydrogen-bond acceptors (Lipinski definition) is 5. The van der Waals surface area contributed by atoms with E-state index in [1.807, 2.05) is 12.1 Å². The van der Waals surface area contributed by atoms with Crippen molar-refractivity contribution >= 4 is 24.8 Å². The molecule has 2 aromatic rings. The minimum absolute atomic E-state index is 0. The standard InChI is InChI=1S/C12H14N4O.2ClH/c1-2-10(8-14-5-1)11-15-12(17-16-11)9-3-6-13-7-4-9;;/h1-2,5,8-9,13H,3-4,6-7H2;2*1H. The number of hydrogen-bond donors (Lipinski definition) is 1. The van der Waals surface area contributed by atoms with Crippen LogP contribution in [-0.2, 0) is 0 Å². The molecular weight excluding hydrogens is 287 g/mol. The number of piperidine rings is 1. The molecule has 0 radical (unpaired) electrons. The molecule has 0 amide bonds. The summed E-state index contributed by atoms with van der Waals surface area (Å²) in [4.78, 5) is 8.51. The van der Waals surface area contributed by atoms with Gasteiger partial charge in [0.1, 0.15) is 0 Å². The molecule has 0 unspecified atom stereocenters. The van der Waals surface area contributed by atoms with E-state index in [1.165, 1.54) is 0 Å². The number of nitrogens with zero attached hydrogens (tertiary/aromatic N) is 3. The first-order valence-corrected chi connectivity index (χ1v) is 5.88. The normalized spacial score (nSPS) is 15.4. The van der Waals surface area contributed by atoms with Gasteiger partial charge in [-0.3, -0.25) is 4.98 Å². The van der Waals surface area contributed by atoms with Crippen LogP contribution in [0.4, 0.5) is 0 Å². The van der Waals surface area contributed by atoms with E-state index in [-0.39, 0.29) is 24.8 Å². The van der Waals surface area contributed by atoms with Crippen molar-refractivity contribution in [3.8, 4) is 11.4 Å². The van der Waals surface area contributed by atoms with E-state index < -0.39 is 0 Å². The van der Waals surface area contributed by atoms with Crippen LogP contribution in [0, 0.1) is 0 Å². The van der Waals surface area contributed by atoms with Crippen LogP contribution in [-0.4, -0.2) is 28.2 Å². The largest absolute Gasteiger partial charge is 0.339 e. The van der Waals surface area contributed by atoms with Crippen LogP contribution in [0.5, 0.6) is 0 Å². The van der Waals surface area contributed by atoms with Crippen LogP contribution in [0.25, 0.3) is 11.4 Å². The lowest BCUT2D eigenvalue weighted by Crippen LogP contribution is -2.26. The van der Waals surface area contributed by atoms with Crippen LogP contribution in [0.3, 0.4) is 0 Å². The zero-order valence-corrected chi connectivity index (χ0v) is 11.9. The predicted octanol–water partition coefficient (Wildman–Crippen LogP) is 2.44. The summed E-state index contributed by atoms with van der Waals surface area (Å²) in [5, 5.41) is 7.34. The van der Waals surface area contributed by atoms with Gasteiger partial charge in [0.05, 0.1) is 0 Å². The molecule has 0 saturated carbocycles. The lowest BCUT2D eigenvalue weighted by molar-refractivity contribution is 0.320. The zero-order valence-electron chi connectivity index (χ0n) is 10.3. The molecule has 1 saturated heterocycles. The maximum atomic E-state index is 5.34. The fourth-order valence-electron chi connectivity index (χ4n) is 2.08. The average Bonchev–Trinajstić information content (AvgIpc) is 2.90. The van der Waals surface area contributed by atoms with Crippen molar-refractivity contribution in [2.24, 2.45) is 0 Å². The second-order valence-electron chi connectivity index (χ2n) is 4.22. The summed E-state index contributed by atoms with van der Waals surface area (Å²) in [6, 6.07) is 3.81. The highest BCUT2D eigenvalue weighted by Crippen LogP contribution is 2.25. The molecule has 0 aliphatic carbocycles. The van der Waals surface area contributed by atoms with Crippen molar-refractivity contribution in [2.75, 3.05) is 13.1 Å². The molecule has 1 aliphatic heterocycles. The topological polar surface area (TPSA) is 63.8 Å². The quantitative estimate of drug-likeness (QED) is 0.923. The third kappa shape index (κ3) is 3.65. The molecule has 1 aliphatic rings. The summed E-state index contributed by atoms with van der Waals surface area (Å²) in [6.07, 6.45) is 5.61. The zero-order chi connectivity index (χ0) is 11.5. The Morgan fingerprint density at radius 3 is 2.68 bits per heavy atom. The first-order chi connectivity index (χ1) is 8.43. The molecule has 1 N–H and O–H groups in total. The summed E-state index contributed by atoms with van der Waals surface area (Å²) < 4.78 is 5.34. The molecule has 3 heterocycles. The van der Waals surface area contributed by atoms with Gasteiger partial charge in [0.15, 0.2) is 0 Å². The second-order valence-corrected chi connectivity index (χ2v) is 4.22. The fourth-order valence-corrected chi connectivity index (χ4v) is 2.08. The van der Waals surface area contributed by atoms with Gasteiger partial charge < -0.3 is 9.84 Å².